The van der Waals surface area contributed by atoms with Gasteiger partial charge < -0.3 is 30.9 Å². The smallest absolute Gasteiger partial charge is 0.335 e. The lowest BCUT2D eigenvalue weighted by Crippen LogP contribution is -2.34. The van der Waals surface area contributed by atoms with Crippen molar-refractivity contribution in [2.75, 3.05) is 45.9 Å². The van der Waals surface area contributed by atoms with Crippen LogP contribution in [-0.4, -0.2) is 95.9 Å². The average molecular weight is 888 g/mol. The van der Waals surface area contributed by atoms with Crippen molar-refractivity contribution in [3.05, 3.63) is 118 Å². The van der Waals surface area contributed by atoms with Crippen LogP contribution in [0.1, 0.15) is 110 Å². The second-order valence-corrected chi connectivity index (χ2v) is 17.8. The molecule has 12 nitrogen and oxygen atoms in total. The molecule has 0 atom stereocenters. The SMILES string of the molecule is CCCN(CCC)C(=O)C1=Cc2ccc(-c3ccc(C(=O)N4CCCC4)cc3)cc2N=C(N)C1.CCOC(=O)C1=Cc2cc(-c3ccc(C(=O)N4CCCC4)cc3)ccc2N=C(N)C12CC2. The molecule has 12 heteroatoms. The molecule has 0 unspecified atom stereocenters. The first-order valence-corrected chi connectivity index (χ1v) is 23.7. The molecular weight excluding hydrogens is 827 g/mol. The fourth-order valence-corrected chi connectivity index (χ4v) is 9.32. The number of benzene rings is 4. The molecule has 1 spiro atoms. The van der Waals surface area contributed by atoms with E-state index >= 15 is 0 Å². The van der Waals surface area contributed by atoms with Crippen LogP contribution >= 0.6 is 0 Å². The normalized spacial score (nSPS) is 16.8. The predicted molar refractivity (Wildman–Crippen MR) is 263 cm³/mol. The third kappa shape index (κ3) is 9.88. The van der Waals surface area contributed by atoms with Gasteiger partial charge in [-0.2, -0.15) is 0 Å². The number of carbonyl (C=O) groups is 4. The van der Waals surface area contributed by atoms with Gasteiger partial charge in [-0.15, -0.1) is 0 Å². The second kappa shape index (κ2) is 20.1. The van der Waals surface area contributed by atoms with Crippen molar-refractivity contribution >= 4 is 58.9 Å². The van der Waals surface area contributed by atoms with E-state index < -0.39 is 5.41 Å². The highest BCUT2D eigenvalue weighted by molar-refractivity contribution is 6.09. The number of aliphatic imine (C=N–C) groups is 2. The minimum Gasteiger partial charge on any atom is -0.463 e. The number of rotatable bonds is 11. The van der Waals surface area contributed by atoms with E-state index in [1.54, 1.807) is 6.92 Å². The Morgan fingerprint density at radius 3 is 1.70 bits per heavy atom. The molecule has 3 fully saturated rings. The van der Waals surface area contributed by atoms with Crippen LogP contribution in [0.4, 0.5) is 11.4 Å². The maximum absolute atomic E-state index is 13.2. The molecule has 0 bridgehead atoms. The number of fused-ring (bicyclic) bond motifs is 2. The highest BCUT2D eigenvalue weighted by Crippen LogP contribution is 2.55. The summed E-state index contributed by atoms with van der Waals surface area (Å²) in [5.41, 5.74) is 22.0. The van der Waals surface area contributed by atoms with Gasteiger partial charge in [0.15, 0.2) is 0 Å². The Hall–Kier alpha value is -6.82. The van der Waals surface area contributed by atoms with Gasteiger partial charge >= 0.3 is 5.97 Å². The van der Waals surface area contributed by atoms with Gasteiger partial charge in [0.1, 0.15) is 11.7 Å². The van der Waals surface area contributed by atoms with Crippen LogP contribution in [0.3, 0.4) is 0 Å². The van der Waals surface area contributed by atoms with Crippen molar-refractivity contribution in [3.8, 4) is 22.3 Å². The van der Waals surface area contributed by atoms with Gasteiger partial charge in [-0.05, 0) is 135 Å². The standard InChI is InChI=1S/C28H34N4O2.C26H27N3O3/c1-3-13-31(14-4-2)28(34)24-17-23-12-11-22(18-25(23)30-26(29)19-24)20-7-9-21(10-8-20)27(33)32-15-5-6-16-32;1-2-32-24(31)21-16-20-15-19(9-10-22(20)28-25(27)26(21)11-12-26)17-5-7-18(8-6-17)23(30)29-13-3-4-14-29/h7-12,17-18H,3-6,13-16,19H2,1-2H3,(H2,29,30);5-10,15-16H,2-4,11-14H2,1H3,(H2,27,28). The van der Waals surface area contributed by atoms with E-state index in [4.69, 9.17) is 16.2 Å². The molecule has 4 aliphatic heterocycles. The number of likely N-dealkylation sites (tertiary alicyclic amines) is 2. The second-order valence-electron chi connectivity index (χ2n) is 17.8. The van der Waals surface area contributed by atoms with E-state index in [1.807, 2.05) is 112 Å². The number of amidine groups is 2. The molecule has 66 heavy (non-hydrogen) atoms. The highest BCUT2D eigenvalue weighted by atomic mass is 16.5. The van der Waals surface area contributed by atoms with Crippen LogP contribution in [0, 0.1) is 5.41 Å². The number of hydrogen-bond donors (Lipinski definition) is 2. The zero-order chi connectivity index (χ0) is 46.4. The molecular formula is C54H61N7O5. The van der Waals surface area contributed by atoms with E-state index in [1.165, 1.54) is 0 Å². The molecule has 4 aromatic carbocycles. The van der Waals surface area contributed by atoms with Crippen molar-refractivity contribution in [1.29, 1.82) is 0 Å². The molecule has 0 aromatic heterocycles. The lowest BCUT2D eigenvalue weighted by atomic mass is 9.92. The van der Waals surface area contributed by atoms with Crippen LogP contribution in [-0.2, 0) is 14.3 Å². The predicted octanol–water partition coefficient (Wildman–Crippen LogP) is 9.33. The van der Waals surface area contributed by atoms with E-state index in [0.717, 1.165) is 141 Å². The molecule has 1 saturated carbocycles. The Labute approximate surface area is 388 Å². The van der Waals surface area contributed by atoms with Crippen molar-refractivity contribution < 1.29 is 23.9 Å². The van der Waals surface area contributed by atoms with Gasteiger partial charge in [-0.3, -0.25) is 14.4 Å². The minimum absolute atomic E-state index is 0.0389. The fraction of sp³-hybridized carbons (Fsp3) is 0.370. The van der Waals surface area contributed by atoms with Crippen molar-refractivity contribution in [2.24, 2.45) is 26.9 Å². The van der Waals surface area contributed by atoms with E-state index in [0.29, 0.717) is 41.4 Å². The molecule has 4 aromatic rings. The first-order valence-electron chi connectivity index (χ1n) is 23.7. The van der Waals surface area contributed by atoms with Gasteiger partial charge in [0.2, 0.25) is 5.91 Å². The van der Waals surface area contributed by atoms with Crippen molar-refractivity contribution in [3.63, 3.8) is 0 Å². The lowest BCUT2D eigenvalue weighted by Gasteiger charge is -2.22. The first-order chi connectivity index (χ1) is 32.0. The van der Waals surface area contributed by atoms with Gasteiger partial charge in [0, 0.05) is 73.5 Å². The number of ether oxygens (including phenoxy) is 1. The summed E-state index contributed by atoms with van der Waals surface area (Å²) in [5.74, 6) is 0.828. The zero-order valence-electron chi connectivity index (χ0n) is 38.5. The minimum atomic E-state index is -0.497. The van der Waals surface area contributed by atoms with Crippen LogP contribution in [0.25, 0.3) is 34.4 Å². The summed E-state index contributed by atoms with van der Waals surface area (Å²) in [6.07, 6.45) is 11.9. The molecule has 3 amide bonds. The third-order valence-electron chi connectivity index (χ3n) is 13.1. The Morgan fingerprint density at radius 2 is 1.17 bits per heavy atom. The van der Waals surface area contributed by atoms with Crippen LogP contribution in [0.5, 0.6) is 0 Å². The zero-order valence-corrected chi connectivity index (χ0v) is 38.5. The Kier molecular flexibility index (Phi) is 14.0. The largest absolute Gasteiger partial charge is 0.463 e. The van der Waals surface area contributed by atoms with Crippen molar-refractivity contribution in [1.82, 2.24) is 14.7 Å². The fourth-order valence-electron chi connectivity index (χ4n) is 9.32. The Bertz CT molecular complexity index is 2610. The molecule has 4 N–H and O–H groups in total. The topological polar surface area (TPSA) is 164 Å². The maximum Gasteiger partial charge on any atom is 0.335 e. The van der Waals surface area contributed by atoms with Crippen molar-refractivity contribution in [2.45, 2.75) is 78.6 Å². The quantitative estimate of drug-likeness (QED) is 0.142. The number of esters is 1. The summed E-state index contributed by atoms with van der Waals surface area (Å²) in [5, 5.41) is 0. The summed E-state index contributed by atoms with van der Waals surface area (Å²) in [6.45, 7) is 11.1. The molecule has 5 aliphatic rings. The Balaban J connectivity index is 0.000000180. The summed E-state index contributed by atoms with van der Waals surface area (Å²) in [6, 6.07) is 27.4. The van der Waals surface area contributed by atoms with Gasteiger partial charge in [0.25, 0.3) is 11.8 Å². The molecule has 0 radical (unpaired) electrons. The summed E-state index contributed by atoms with van der Waals surface area (Å²) >= 11 is 0. The van der Waals surface area contributed by atoms with E-state index in [9.17, 15) is 19.2 Å². The van der Waals surface area contributed by atoms with E-state index in [2.05, 4.69) is 23.8 Å². The Morgan fingerprint density at radius 1 is 0.636 bits per heavy atom. The van der Waals surface area contributed by atoms with Gasteiger partial charge in [-0.25, -0.2) is 14.8 Å². The highest BCUT2D eigenvalue weighted by Gasteiger charge is 2.53. The molecule has 342 valence electrons. The summed E-state index contributed by atoms with van der Waals surface area (Å²) < 4.78 is 5.31. The molecule has 9 rings (SSSR count). The molecule has 1 aliphatic carbocycles. The first kappa shape index (κ1) is 45.7. The molecule has 4 heterocycles. The lowest BCUT2D eigenvalue weighted by molar-refractivity contribution is -0.139. The number of hydrogen-bond acceptors (Lipinski definition) is 9. The van der Waals surface area contributed by atoms with E-state index in [-0.39, 0.29) is 23.7 Å². The monoisotopic (exact) mass is 887 g/mol. The number of nitrogens with two attached hydrogens (primary N) is 2. The van der Waals surface area contributed by atoms with Gasteiger partial charge in [-0.1, -0.05) is 56.3 Å². The average Bonchev–Trinajstić information content (AvgIpc) is 3.70. The summed E-state index contributed by atoms with van der Waals surface area (Å²) in [7, 11) is 0. The number of carbonyl (C=O) groups excluding carboxylic acids is 4. The van der Waals surface area contributed by atoms with Gasteiger partial charge in [0.05, 0.1) is 29.0 Å². The van der Waals surface area contributed by atoms with Crippen LogP contribution < -0.4 is 11.5 Å². The number of amides is 3. The third-order valence-corrected chi connectivity index (χ3v) is 13.1. The molecule has 2 saturated heterocycles. The maximum atomic E-state index is 13.2. The number of nitrogens with zero attached hydrogens (tertiary/aromatic N) is 5. The van der Waals surface area contributed by atoms with Crippen LogP contribution in [0.15, 0.2) is 106 Å². The van der Waals surface area contributed by atoms with Crippen LogP contribution in [0.2, 0.25) is 0 Å². The summed E-state index contributed by atoms with van der Waals surface area (Å²) in [4.78, 5) is 66.1.